The Labute approximate surface area is 111 Å². The Balaban J connectivity index is 2.34. The molecule has 1 rings (SSSR count). The van der Waals surface area contributed by atoms with E-state index in [1.165, 1.54) is 32.1 Å². The van der Waals surface area contributed by atoms with Crippen LogP contribution in [0.15, 0.2) is 0 Å². The van der Waals surface area contributed by atoms with Gasteiger partial charge in [0.05, 0.1) is 6.07 Å². The third kappa shape index (κ3) is 4.68. The van der Waals surface area contributed by atoms with Gasteiger partial charge >= 0.3 is 0 Å². The molecule has 1 fully saturated rings. The van der Waals surface area contributed by atoms with Crippen LogP contribution < -0.4 is 5.32 Å². The Morgan fingerprint density at radius 3 is 2.44 bits per heavy atom. The largest absolute Gasteiger partial charge is 0.338 e. The molecule has 0 aromatic rings. The highest BCUT2D eigenvalue weighted by atomic mass is 16.2. The number of carbonyl (C=O) groups excluding carboxylic acids is 1. The van der Waals surface area contributed by atoms with E-state index in [1.54, 1.807) is 13.8 Å². The minimum absolute atomic E-state index is 0.0653. The summed E-state index contributed by atoms with van der Waals surface area (Å²) in [6.45, 7) is 5.72. The zero-order valence-corrected chi connectivity index (χ0v) is 12.0. The lowest BCUT2D eigenvalue weighted by atomic mass is 9.79. The van der Waals surface area contributed by atoms with E-state index in [0.717, 1.165) is 18.8 Å². The normalized spacial score (nSPS) is 24.3. The topological polar surface area (TPSA) is 52.9 Å². The summed E-state index contributed by atoms with van der Waals surface area (Å²) in [6, 6.07) is 2.12. The predicted molar refractivity (Wildman–Crippen MR) is 72.8 cm³/mol. The fourth-order valence-corrected chi connectivity index (χ4v) is 2.64. The molecule has 1 amide bonds. The van der Waals surface area contributed by atoms with Gasteiger partial charge in [0.1, 0.15) is 5.54 Å². The SMILES string of the molecule is CCCCC1CCC(C(=O)NC(C)(C)C#N)CC1. The molecule has 1 N–H and O–H groups in total. The summed E-state index contributed by atoms with van der Waals surface area (Å²) in [6.07, 6.45) is 8.20. The van der Waals surface area contributed by atoms with Gasteiger partial charge in [-0.25, -0.2) is 0 Å². The van der Waals surface area contributed by atoms with Gasteiger partial charge in [0.25, 0.3) is 0 Å². The van der Waals surface area contributed by atoms with Crippen LogP contribution in [0.25, 0.3) is 0 Å². The van der Waals surface area contributed by atoms with Crippen LogP contribution in [0.1, 0.15) is 65.7 Å². The fourth-order valence-electron chi connectivity index (χ4n) is 2.64. The molecule has 0 unspecified atom stereocenters. The average Bonchev–Trinajstić information content (AvgIpc) is 2.36. The van der Waals surface area contributed by atoms with E-state index in [0.29, 0.717) is 0 Å². The van der Waals surface area contributed by atoms with E-state index in [-0.39, 0.29) is 11.8 Å². The van der Waals surface area contributed by atoms with Crippen molar-refractivity contribution in [1.82, 2.24) is 5.32 Å². The van der Waals surface area contributed by atoms with Crippen LogP contribution in [-0.4, -0.2) is 11.4 Å². The van der Waals surface area contributed by atoms with Crippen LogP contribution in [0.4, 0.5) is 0 Å². The van der Waals surface area contributed by atoms with E-state index in [9.17, 15) is 4.79 Å². The molecule has 1 aliphatic rings. The second-order valence-electron chi connectivity index (χ2n) is 6.09. The maximum Gasteiger partial charge on any atom is 0.224 e. The molecule has 102 valence electrons. The van der Waals surface area contributed by atoms with E-state index in [4.69, 9.17) is 5.26 Å². The molecule has 0 aromatic carbocycles. The molecule has 0 atom stereocenters. The standard InChI is InChI=1S/C15H26N2O/c1-4-5-6-12-7-9-13(10-8-12)14(18)17-15(2,3)11-16/h12-13H,4-10H2,1-3H3,(H,17,18). The molecular formula is C15H26N2O. The molecule has 0 bridgehead atoms. The van der Waals surface area contributed by atoms with E-state index in [2.05, 4.69) is 18.3 Å². The maximum atomic E-state index is 12.0. The summed E-state index contributed by atoms with van der Waals surface area (Å²) in [5.41, 5.74) is -0.740. The average molecular weight is 250 g/mol. The van der Waals surface area contributed by atoms with Crippen LogP contribution in [-0.2, 0) is 4.79 Å². The third-order valence-electron chi connectivity index (χ3n) is 3.90. The van der Waals surface area contributed by atoms with Crippen molar-refractivity contribution in [1.29, 1.82) is 5.26 Å². The van der Waals surface area contributed by atoms with Crippen molar-refractivity contribution in [2.75, 3.05) is 0 Å². The highest BCUT2D eigenvalue weighted by Crippen LogP contribution is 2.32. The minimum atomic E-state index is -0.740. The van der Waals surface area contributed by atoms with Crippen molar-refractivity contribution in [2.24, 2.45) is 11.8 Å². The number of hydrogen-bond acceptors (Lipinski definition) is 2. The zero-order chi connectivity index (χ0) is 13.6. The summed E-state index contributed by atoms with van der Waals surface area (Å²) in [5.74, 6) is 1.00. The Hall–Kier alpha value is -1.04. The van der Waals surface area contributed by atoms with E-state index >= 15 is 0 Å². The van der Waals surface area contributed by atoms with Crippen molar-refractivity contribution in [2.45, 2.75) is 71.3 Å². The molecule has 0 saturated heterocycles. The second-order valence-corrected chi connectivity index (χ2v) is 6.09. The van der Waals surface area contributed by atoms with Gasteiger partial charge < -0.3 is 5.32 Å². The smallest absolute Gasteiger partial charge is 0.224 e. The Morgan fingerprint density at radius 1 is 1.33 bits per heavy atom. The highest BCUT2D eigenvalue weighted by Gasteiger charge is 2.29. The van der Waals surface area contributed by atoms with Gasteiger partial charge in [0.2, 0.25) is 5.91 Å². The number of nitrogens with zero attached hydrogens (tertiary/aromatic N) is 1. The third-order valence-corrected chi connectivity index (χ3v) is 3.90. The summed E-state index contributed by atoms with van der Waals surface area (Å²) < 4.78 is 0. The van der Waals surface area contributed by atoms with Crippen LogP contribution in [0.3, 0.4) is 0 Å². The van der Waals surface area contributed by atoms with Gasteiger partial charge in [0, 0.05) is 5.92 Å². The lowest BCUT2D eigenvalue weighted by Crippen LogP contribution is -2.45. The van der Waals surface area contributed by atoms with Gasteiger partial charge in [0.15, 0.2) is 0 Å². The Morgan fingerprint density at radius 2 is 1.94 bits per heavy atom. The number of amides is 1. The Bertz CT molecular complexity index is 309. The number of carbonyl (C=O) groups is 1. The number of hydrogen-bond donors (Lipinski definition) is 1. The van der Waals surface area contributed by atoms with Gasteiger partial charge in [-0.1, -0.05) is 26.2 Å². The van der Waals surface area contributed by atoms with Crippen molar-refractivity contribution >= 4 is 5.91 Å². The first-order chi connectivity index (χ1) is 8.48. The molecule has 1 aliphatic carbocycles. The summed E-state index contributed by atoms with van der Waals surface area (Å²) in [5, 5.41) is 11.7. The molecule has 3 heteroatoms. The lowest BCUT2D eigenvalue weighted by Gasteiger charge is -2.29. The van der Waals surface area contributed by atoms with Crippen molar-refractivity contribution in [3.63, 3.8) is 0 Å². The molecule has 1 saturated carbocycles. The molecule has 0 spiro atoms. The molecule has 18 heavy (non-hydrogen) atoms. The van der Waals surface area contributed by atoms with Gasteiger partial charge in [-0.2, -0.15) is 5.26 Å². The lowest BCUT2D eigenvalue weighted by molar-refractivity contribution is -0.127. The zero-order valence-electron chi connectivity index (χ0n) is 12.0. The number of rotatable bonds is 5. The van der Waals surface area contributed by atoms with Crippen LogP contribution in [0.2, 0.25) is 0 Å². The predicted octanol–water partition coefficient (Wildman–Crippen LogP) is 3.40. The maximum absolute atomic E-state index is 12.0. The van der Waals surface area contributed by atoms with Crippen molar-refractivity contribution in [3.8, 4) is 6.07 Å². The number of nitrogens with one attached hydrogen (secondary N) is 1. The Kier molecular flexibility index (Phi) is 5.65. The highest BCUT2D eigenvalue weighted by molar-refractivity contribution is 5.79. The van der Waals surface area contributed by atoms with Crippen molar-refractivity contribution in [3.05, 3.63) is 0 Å². The minimum Gasteiger partial charge on any atom is -0.338 e. The quantitative estimate of drug-likeness (QED) is 0.813. The monoisotopic (exact) mass is 250 g/mol. The van der Waals surface area contributed by atoms with Gasteiger partial charge in [-0.15, -0.1) is 0 Å². The van der Waals surface area contributed by atoms with Gasteiger partial charge in [-0.05, 0) is 45.4 Å². The molecule has 0 heterocycles. The summed E-state index contributed by atoms with van der Waals surface area (Å²) in [4.78, 5) is 12.0. The first kappa shape index (κ1) is 15.0. The first-order valence-electron chi connectivity index (χ1n) is 7.21. The summed E-state index contributed by atoms with van der Waals surface area (Å²) in [7, 11) is 0. The molecule has 0 radical (unpaired) electrons. The fraction of sp³-hybridized carbons (Fsp3) is 0.867. The number of unbranched alkanes of at least 4 members (excludes halogenated alkanes) is 1. The molecule has 0 aliphatic heterocycles. The van der Waals surface area contributed by atoms with Crippen LogP contribution >= 0.6 is 0 Å². The van der Waals surface area contributed by atoms with Crippen LogP contribution in [0.5, 0.6) is 0 Å². The van der Waals surface area contributed by atoms with Crippen LogP contribution in [0, 0.1) is 23.2 Å². The van der Waals surface area contributed by atoms with Gasteiger partial charge in [-0.3, -0.25) is 4.79 Å². The molecular weight excluding hydrogens is 224 g/mol. The molecule has 0 aromatic heterocycles. The number of nitriles is 1. The summed E-state index contributed by atoms with van der Waals surface area (Å²) >= 11 is 0. The first-order valence-corrected chi connectivity index (χ1v) is 7.21. The van der Waals surface area contributed by atoms with Crippen molar-refractivity contribution < 1.29 is 4.79 Å². The second kappa shape index (κ2) is 6.78. The van der Waals surface area contributed by atoms with E-state index in [1.807, 2.05) is 0 Å². The molecule has 3 nitrogen and oxygen atoms in total. The van der Waals surface area contributed by atoms with E-state index < -0.39 is 5.54 Å².